The Morgan fingerprint density at radius 2 is 1.52 bits per heavy atom. The van der Waals surface area contributed by atoms with E-state index in [1.807, 2.05) is 72.8 Å². The van der Waals surface area contributed by atoms with Crippen molar-refractivity contribution in [3.8, 4) is 16.9 Å². The van der Waals surface area contributed by atoms with Crippen molar-refractivity contribution in [3.63, 3.8) is 0 Å². The number of carbonyl (C=O) groups excluding carboxylic acids is 1. The maximum atomic E-state index is 12.2. The predicted molar refractivity (Wildman–Crippen MR) is 98.6 cm³/mol. The summed E-state index contributed by atoms with van der Waals surface area (Å²) >= 11 is 0. The predicted octanol–water partition coefficient (Wildman–Crippen LogP) is 5.11. The Balaban J connectivity index is 1.91. The molecule has 0 bridgehead atoms. The zero-order valence-corrected chi connectivity index (χ0v) is 14.1. The van der Waals surface area contributed by atoms with E-state index >= 15 is 0 Å². The lowest BCUT2D eigenvalue weighted by Crippen LogP contribution is -2.08. The molecule has 126 valence electrons. The average Bonchev–Trinajstić information content (AvgIpc) is 2.68. The second kappa shape index (κ2) is 8.15. The third-order valence-electron chi connectivity index (χ3n) is 3.82. The Kier molecular flexibility index (Phi) is 5.47. The third kappa shape index (κ3) is 4.27. The van der Waals surface area contributed by atoms with Crippen molar-refractivity contribution in [2.24, 2.45) is 0 Å². The third-order valence-corrected chi connectivity index (χ3v) is 3.82. The maximum absolute atomic E-state index is 12.2. The lowest BCUT2D eigenvalue weighted by Gasteiger charge is -2.13. The molecule has 0 aliphatic rings. The molecular formula is C22H20O3. The van der Waals surface area contributed by atoms with Crippen molar-refractivity contribution < 1.29 is 14.3 Å². The maximum Gasteiger partial charge on any atom is 0.341 e. The number of ether oxygens (including phenoxy) is 2. The van der Waals surface area contributed by atoms with Gasteiger partial charge in [-0.25, -0.2) is 4.79 Å². The van der Waals surface area contributed by atoms with Gasteiger partial charge in [0.15, 0.2) is 0 Å². The number of hydrogen-bond donors (Lipinski definition) is 0. The lowest BCUT2D eigenvalue weighted by molar-refractivity contribution is 0.0521. The molecule has 0 N–H and O–H groups in total. The summed E-state index contributed by atoms with van der Waals surface area (Å²) in [5, 5.41) is 0. The average molecular weight is 332 g/mol. The Labute approximate surface area is 147 Å². The van der Waals surface area contributed by atoms with Gasteiger partial charge in [0.25, 0.3) is 0 Å². The van der Waals surface area contributed by atoms with Crippen LogP contribution in [-0.2, 0) is 11.3 Å². The smallest absolute Gasteiger partial charge is 0.341 e. The first kappa shape index (κ1) is 16.8. The molecule has 3 rings (SSSR count). The standard InChI is InChI=1S/C22H20O3/c1-2-24-22(23)20-14-13-19(18-11-7-4-8-12-18)15-21(20)25-16-17-9-5-3-6-10-17/h3-15H,2,16H2,1H3. The van der Waals surface area contributed by atoms with Crippen molar-refractivity contribution in [1.82, 2.24) is 0 Å². The first-order valence-corrected chi connectivity index (χ1v) is 8.31. The molecule has 3 aromatic carbocycles. The van der Waals surface area contributed by atoms with E-state index in [1.54, 1.807) is 13.0 Å². The SMILES string of the molecule is CCOC(=O)c1ccc(-c2ccccc2)cc1OCc1ccccc1. The lowest BCUT2D eigenvalue weighted by atomic mass is 10.0. The highest BCUT2D eigenvalue weighted by atomic mass is 16.5. The van der Waals surface area contributed by atoms with Crippen LogP contribution in [0.25, 0.3) is 11.1 Å². The molecule has 3 aromatic rings. The number of carbonyl (C=O) groups is 1. The van der Waals surface area contributed by atoms with E-state index in [-0.39, 0.29) is 5.97 Å². The van der Waals surface area contributed by atoms with Crippen LogP contribution < -0.4 is 4.74 Å². The van der Waals surface area contributed by atoms with E-state index in [2.05, 4.69) is 0 Å². The molecule has 0 aliphatic heterocycles. The van der Waals surface area contributed by atoms with Crippen LogP contribution in [0.4, 0.5) is 0 Å². The first-order valence-electron chi connectivity index (χ1n) is 8.31. The summed E-state index contributed by atoms with van der Waals surface area (Å²) in [5.74, 6) is 0.161. The van der Waals surface area contributed by atoms with Gasteiger partial charge in [-0.1, -0.05) is 66.7 Å². The molecular weight excluding hydrogens is 312 g/mol. The largest absolute Gasteiger partial charge is 0.488 e. The minimum absolute atomic E-state index is 0.331. The van der Waals surface area contributed by atoms with E-state index < -0.39 is 0 Å². The Hall–Kier alpha value is -3.07. The van der Waals surface area contributed by atoms with Gasteiger partial charge in [-0.2, -0.15) is 0 Å². The Morgan fingerprint density at radius 1 is 0.840 bits per heavy atom. The number of hydrogen-bond acceptors (Lipinski definition) is 3. The Bertz CT molecular complexity index is 826. The summed E-state index contributed by atoms with van der Waals surface area (Å²) in [7, 11) is 0. The van der Waals surface area contributed by atoms with Gasteiger partial charge in [0, 0.05) is 0 Å². The van der Waals surface area contributed by atoms with Gasteiger partial charge in [-0.05, 0) is 35.7 Å². The normalized spacial score (nSPS) is 10.3. The van der Waals surface area contributed by atoms with Gasteiger partial charge in [0.05, 0.1) is 6.61 Å². The van der Waals surface area contributed by atoms with E-state index in [9.17, 15) is 4.79 Å². The quantitative estimate of drug-likeness (QED) is 0.589. The monoisotopic (exact) mass is 332 g/mol. The second-order valence-electron chi connectivity index (χ2n) is 5.57. The molecule has 3 heteroatoms. The van der Waals surface area contributed by atoms with Gasteiger partial charge >= 0.3 is 5.97 Å². The topological polar surface area (TPSA) is 35.5 Å². The molecule has 0 atom stereocenters. The fraction of sp³-hybridized carbons (Fsp3) is 0.136. The van der Waals surface area contributed by atoms with E-state index in [0.717, 1.165) is 16.7 Å². The molecule has 25 heavy (non-hydrogen) atoms. The molecule has 0 fully saturated rings. The van der Waals surface area contributed by atoms with Crippen LogP contribution in [0.3, 0.4) is 0 Å². The summed E-state index contributed by atoms with van der Waals surface area (Å²) in [6, 6.07) is 25.4. The van der Waals surface area contributed by atoms with E-state index in [0.29, 0.717) is 24.5 Å². The van der Waals surface area contributed by atoms with Crippen LogP contribution in [-0.4, -0.2) is 12.6 Å². The molecule has 0 amide bonds. The summed E-state index contributed by atoms with van der Waals surface area (Å²) < 4.78 is 11.1. The zero-order valence-electron chi connectivity index (χ0n) is 14.1. The van der Waals surface area contributed by atoms with Gasteiger partial charge in [0.2, 0.25) is 0 Å². The highest BCUT2D eigenvalue weighted by molar-refractivity contribution is 5.93. The minimum Gasteiger partial charge on any atom is -0.488 e. The number of esters is 1. The minimum atomic E-state index is -0.370. The van der Waals surface area contributed by atoms with Crippen LogP contribution in [0.5, 0.6) is 5.75 Å². The highest BCUT2D eigenvalue weighted by Gasteiger charge is 2.15. The van der Waals surface area contributed by atoms with Crippen LogP contribution in [0.15, 0.2) is 78.9 Å². The number of rotatable bonds is 6. The molecule has 0 aromatic heterocycles. The van der Waals surface area contributed by atoms with Crippen molar-refractivity contribution in [2.75, 3.05) is 6.61 Å². The fourth-order valence-electron chi connectivity index (χ4n) is 2.56. The molecule has 0 saturated heterocycles. The highest BCUT2D eigenvalue weighted by Crippen LogP contribution is 2.28. The van der Waals surface area contributed by atoms with Crippen molar-refractivity contribution >= 4 is 5.97 Å². The van der Waals surface area contributed by atoms with Gasteiger partial charge < -0.3 is 9.47 Å². The molecule has 0 saturated carbocycles. The summed E-state index contributed by atoms with van der Waals surface area (Å²) in [6.45, 7) is 2.52. The molecule has 0 radical (unpaired) electrons. The molecule has 0 aliphatic carbocycles. The summed E-state index contributed by atoms with van der Waals surface area (Å²) in [4.78, 5) is 12.2. The molecule has 0 unspecified atom stereocenters. The van der Waals surface area contributed by atoms with E-state index in [1.165, 1.54) is 0 Å². The van der Waals surface area contributed by atoms with E-state index in [4.69, 9.17) is 9.47 Å². The number of benzene rings is 3. The Morgan fingerprint density at radius 3 is 2.20 bits per heavy atom. The van der Waals surface area contributed by atoms with Crippen LogP contribution in [0.2, 0.25) is 0 Å². The van der Waals surface area contributed by atoms with Gasteiger partial charge in [0.1, 0.15) is 17.9 Å². The summed E-state index contributed by atoms with van der Waals surface area (Å²) in [6.07, 6.45) is 0. The van der Waals surface area contributed by atoms with Crippen LogP contribution >= 0.6 is 0 Å². The molecule has 3 nitrogen and oxygen atoms in total. The zero-order chi connectivity index (χ0) is 17.5. The van der Waals surface area contributed by atoms with Crippen molar-refractivity contribution in [1.29, 1.82) is 0 Å². The molecule has 0 heterocycles. The summed E-state index contributed by atoms with van der Waals surface area (Å²) in [5.41, 5.74) is 3.55. The van der Waals surface area contributed by atoms with Crippen molar-refractivity contribution in [3.05, 3.63) is 90.0 Å². The second-order valence-corrected chi connectivity index (χ2v) is 5.57. The van der Waals surface area contributed by atoms with Gasteiger partial charge in [-0.15, -0.1) is 0 Å². The fourth-order valence-corrected chi connectivity index (χ4v) is 2.56. The molecule has 0 spiro atoms. The van der Waals surface area contributed by atoms with Gasteiger partial charge in [-0.3, -0.25) is 0 Å². The first-order chi connectivity index (χ1) is 12.3. The van der Waals surface area contributed by atoms with Crippen LogP contribution in [0, 0.1) is 0 Å². The van der Waals surface area contributed by atoms with Crippen molar-refractivity contribution in [2.45, 2.75) is 13.5 Å². The van der Waals surface area contributed by atoms with Crippen LogP contribution in [0.1, 0.15) is 22.8 Å².